The topological polar surface area (TPSA) is 294 Å². The van der Waals surface area contributed by atoms with Crippen LogP contribution in [0.15, 0.2) is 30.3 Å². The number of nitrogens with one attached hydrogen (secondary N) is 4. The molecule has 71 heavy (non-hydrogen) atoms. The smallest absolute Gasteiger partial charge is 0.303 e. The number of carbonyl (C=O) groups excluding carboxylic acids is 9. The van der Waals surface area contributed by atoms with E-state index in [1.807, 2.05) is 6.92 Å². The van der Waals surface area contributed by atoms with Crippen molar-refractivity contribution < 1.29 is 90.5 Å². The maximum absolute atomic E-state index is 13.4. The quantitative estimate of drug-likeness (QED) is 0.0357. The Morgan fingerprint density at radius 3 is 1.83 bits per heavy atom. The fourth-order valence-corrected chi connectivity index (χ4v) is 8.07. The summed E-state index contributed by atoms with van der Waals surface area (Å²) in [5.41, 5.74) is 0.451. The van der Waals surface area contributed by atoms with Crippen molar-refractivity contribution in [2.24, 2.45) is 17.8 Å². The molecule has 2 aliphatic rings. The number of ketones is 1. The van der Waals surface area contributed by atoms with Crippen molar-refractivity contribution in [3.8, 4) is 0 Å². The van der Waals surface area contributed by atoms with Gasteiger partial charge in [0.15, 0.2) is 12.1 Å². The zero-order valence-electron chi connectivity index (χ0n) is 41.9. The summed E-state index contributed by atoms with van der Waals surface area (Å²) in [4.78, 5) is 110. The van der Waals surface area contributed by atoms with Crippen molar-refractivity contribution in [1.82, 2.24) is 21.3 Å². The molecule has 1 aliphatic carbocycles. The van der Waals surface area contributed by atoms with Gasteiger partial charge in [-0.05, 0) is 12.8 Å². The van der Waals surface area contributed by atoms with Crippen LogP contribution in [0.4, 0.5) is 0 Å². The lowest BCUT2D eigenvalue weighted by Crippen LogP contribution is -2.63. The third-order valence-corrected chi connectivity index (χ3v) is 11.5. The van der Waals surface area contributed by atoms with E-state index in [1.54, 1.807) is 37.3 Å². The average molecular weight is 1010 g/mol. The lowest BCUT2D eigenvalue weighted by Gasteiger charge is -2.44. The maximum Gasteiger partial charge on any atom is 0.303 e. The minimum absolute atomic E-state index is 0.0316. The second-order valence-corrected chi connectivity index (χ2v) is 17.2. The van der Waals surface area contributed by atoms with Gasteiger partial charge in [0.05, 0.1) is 64.9 Å². The number of carbonyl (C=O) groups is 9. The summed E-state index contributed by atoms with van der Waals surface area (Å²) in [5, 5.41) is 11.2. The summed E-state index contributed by atoms with van der Waals surface area (Å²) >= 11 is 0. The third kappa shape index (κ3) is 22.2. The lowest BCUT2D eigenvalue weighted by atomic mass is 9.76. The van der Waals surface area contributed by atoms with Crippen LogP contribution in [0, 0.1) is 17.8 Å². The van der Waals surface area contributed by atoms with E-state index in [1.165, 1.54) is 41.5 Å². The number of benzene rings is 1. The standard InChI is InChI=1S/C48H72N4O19/c1-28-40(24-37(26-66-31(4)54)46(70-35(8)58)45(28)69-34(7)57)64-22-20-62-18-16-49-42(60)15-14-38(51-25-39(59)36-12-10-9-11-13-36)47(61)50-17-19-63-21-23-65-48-43(52-30(3)53)44(68-33(6)56)29(2)41(71-48)27-67-32(5)55/h9-13,28-29,37-38,40-41,43-46,48,51H,14-27H2,1-8H3,(H,49,60)(H,50,61)(H,52,53)/t28-,29-,37+,38+,40?,41+,43+,44-,45+,46-,48?/m0/s1. The van der Waals surface area contributed by atoms with Crippen LogP contribution in [0.5, 0.6) is 0 Å². The predicted octanol–water partition coefficient (Wildman–Crippen LogP) is 0.718. The average Bonchev–Trinajstić information content (AvgIpc) is 3.30. The number of esters is 5. The van der Waals surface area contributed by atoms with Gasteiger partial charge in [-0.2, -0.15) is 0 Å². The molecule has 1 heterocycles. The molecule has 1 saturated carbocycles. The number of Topliss-reactive ketones (excluding diaryl/α,β-unsaturated/α-hetero) is 1. The molecule has 0 spiro atoms. The summed E-state index contributed by atoms with van der Waals surface area (Å²) < 4.78 is 56.4. The van der Waals surface area contributed by atoms with Crippen molar-refractivity contribution in [1.29, 1.82) is 0 Å². The van der Waals surface area contributed by atoms with Crippen LogP contribution in [0.3, 0.4) is 0 Å². The molecule has 23 heteroatoms. The monoisotopic (exact) mass is 1010 g/mol. The van der Waals surface area contributed by atoms with E-state index < -0.39 is 102 Å². The van der Waals surface area contributed by atoms with Gasteiger partial charge in [0, 0.05) is 84.4 Å². The summed E-state index contributed by atoms with van der Waals surface area (Å²) in [7, 11) is 0. The summed E-state index contributed by atoms with van der Waals surface area (Å²) in [5.74, 6) is -5.61. The molecule has 0 aromatic heterocycles. The third-order valence-electron chi connectivity index (χ3n) is 11.5. The zero-order valence-corrected chi connectivity index (χ0v) is 41.9. The van der Waals surface area contributed by atoms with Gasteiger partial charge in [0.2, 0.25) is 17.7 Å². The van der Waals surface area contributed by atoms with Crippen LogP contribution < -0.4 is 21.3 Å². The number of amides is 3. The first kappa shape index (κ1) is 59.7. The normalized spacial score (nSPS) is 24.3. The Labute approximate surface area is 414 Å². The molecule has 0 bridgehead atoms. The SMILES string of the molecule is CC(=O)N[C@H]1C(OCCOCCNC(=O)[C@@H](CCC(=O)NCCOCCOC2C[C@H](COC(C)=O)[C@H](OC(C)=O)[C@H](OC(C)=O)[C@H]2C)NCC(=O)c2ccccc2)O[C@H](COC(C)=O)[C@H](C)[C@@H]1OC(C)=O. The van der Waals surface area contributed by atoms with Gasteiger partial charge in [0.25, 0.3) is 0 Å². The Morgan fingerprint density at radius 2 is 1.23 bits per heavy atom. The highest BCUT2D eigenvalue weighted by Crippen LogP contribution is 2.36. The molecule has 3 rings (SSSR count). The first-order valence-corrected chi connectivity index (χ1v) is 23.7. The molecule has 1 aromatic rings. The lowest BCUT2D eigenvalue weighted by molar-refractivity contribution is -0.261. The second kappa shape index (κ2) is 31.7. The molecule has 3 amide bonds. The van der Waals surface area contributed by atoms with Crippen molar-refractivity contribution in [2.75, 3.05) is 72.5 Å². The van der Waals surface area contributed by atoms with Crippen LogP contribution in [-0.4, -0.2) is 175 Å². The Bertz CT molecular complexity index is 1900. The van der Waals surface area contributed by atoms with Gasteiger partial charge >= 0.3 is 29.8 Å². The van der Waals surface area contributed by atoms with Gasteiger partial charge in [-0.1, -0.05) is 44.2 Å². The van der Waals surface area contributed by atoms with Gasteiger partial charge in [0.1, 0.15) is 37.1 Å². The molecule has 1 aliphatic heterocycles. The van der Waals surface area contributed by atoms with Gasteiger partial charge < -0.3 is 63.3 Å². The highest BCUT2D eigenvalue weighted by Gasteiger charge is 2.49. The molecule has 398 valence electrons. The molecule has 1 saturated heterocycles. The van der Waals surface area contributed by atoms with Crippen LogP contribution in [0.1, 0.15) is 85.0 Å². The summed E-state index contributed by atoms with van der Waals surface area (Å²) in [6.45, 7) is 11.4. The first-order valence-electron chi connectivity index (χ1n) is 23.7. The van der Waals surface area contributed by atoms with Gasteiger partial charge in [-0.25, -0.2) is 0 Å². The Hall–Kier alpha value is -5.59. The molecule has 0 radical (unpaired) electrons. The maximum atomic E-state index is 13.4. The first-order chi connectivity index (χ1) is 33.8. The van der Waals surface area contributed by atoms with E-state index in [2.05, 4.69) is 21.3 Å². The number of hydrogen-bond donors (Lipinski definition) is 4. The van der Waals surface area contributed by atoms with Crippen LogP contribution in [-0.2, 0) is 85.7 Å². The minimum Gasteiger partial charge on any atom is -0.465 e. The molecule has 23 nitrogen and oxygen atoms in total. The van der Waals surface area contributed by atoms with Crippen molar-refractivity contribution in [3.05, 3.63) is 35.9 Å². The largest absolute Gasteiger partial charge is 0.465 e. The fraction of sp³-hybridized carbons (Fsp3) is 0.688. The zero-order chi connectivity index (χ0) is 52.5. The Morgan fingerprint density at radius 1 is 0.648 bits per heavy atom. The molecule has 4 N–H and O–H groups in total. The molecular weight excluding hydrogens is 937 g/mol. The predicted molar refractivity (Wildman–Crippen MR) is 248 cm³/mol. The number of hydrogen-bond acceptors (Lipinski definition) is 20. The van der Waals surface area contributed by atoms with Gasteiger partial charge in [-0.15, -0.1) is 0 Å². The van der Waals surface area contributed by atoms with E-state index in [0.717, 1.165) is 0 Å². The van der Waals surface area contributed by atoms with E-state index in [-0.39, 0.29) is 103 Å². The van der Waals surface area contributed by atoms with E-state index in [0.29, 0.717) is 12.0 Å². The molecule has 2 fully saturated rings. The van der Waals surface area contributed by atoms with Gasteiger partial charge in [-0.3, -0.25) is 48.5 Å². The molecule has 11 atom stereocenters. The summed E-state index contributed by atoms with van der Waals surface area (Å²) in [6.07, 6.45) is -4.47. The van der Waals surface area contributed by atoms with Crippen LogP contribution in [0.2, 0.25) is 0 Å². The number of rotatable bonds is 30. The molecular formula is C48H72N4O19. The van der Waals surface area contributed by atoms with Crippen LogP contribution >= 0.6 is 0 Å². The van der Waals surface area contributed by atoms with E-state index in [4.69, 9.17) is 47.4 Å². The highest BCUT2D eigenvalue weighted by molar-refractivity contribution is 5.98. The molecule has 1 aromatic carbocycles. The van der Waals surface area contributed by atoms with Crippen molar-refractivity contribution in [2.45, 2.75) is 124 Å². The second-order valence-electron chi connectivity index (χ2n) is 17.2. The molecule has 2 unspecified atom stereocenters. The summed E-state index contributed by atoms with van der Waals surface area (Å²) in [6, 6.07) is 6.73. The van der Waals surface area contributed by atoms with Crippen molar-refractivity contribution in [3.63, 3.8) is 0 Å². The van der Waals surface area contributed by atoms with Crippen molar-refractivity contribution >= 4 is 53.4 Å². The number of ether oxygens (including phenoxy) is 10. The Balaban J connectivity index is 1.46. The van der Waals surface area contributed by atoms with E-state index >= 15 is 0 Å². The highest BCUT2D eigenvalue weighted by atomic mass is 16.7. The van der Waals surface area contributed by atoms with Crippen LogP contribution in [0.25, 0.3) is 0 Å². The minimum atomic E-state index is -1.10. The fourth-order valence-electron chi connectivity index (χ4n) is 8.07. The Kier molecular flexibility index (Phi) is 26.6. The van der Waals surface area contributed by atoms with E-state index in [9.17, 15) is 43.2 Å².